The summed E-state index contributed by atoms with van der Waals surface area (Å²) in [5.74, 6) is 0.282. The van der Waals surface area contributed by atoms with Crippen molar-refractivity contribution in [2.24, 2.45) is 0 Å². The number of carbonyl (C=O) groups excluding carboxylic acids is 1. The van der Waals surface area contributed by atoms with Crippen LogP contribution < -0.4 is 5.32 Å². The van der Waals surface area contributed by atoms with Crippen molar-refractivity contribution >= 4 is 23.2 Å². The SMILES string of the molecule is O=C(Nc1ccc(Cl)c(C(F)(F)F)c1)c1cc(C2CC2)on1. The van der Waals surface area contributed by atoms with Gasteiger partial charge in [0.25, 0.3) is 5.91 Å². The topological polar surface area (TPSA) is 55.1 Å². The Labute approximate surface area is 128 Å². The van der Waals surface area contributed by atoms with Crippen LogP contribution in [0.5, 0.6) is 0 Å². The first-order chi connectivity index (χ1) is 10.3. The van der Waals surface area contributed by atoms with E-state index >= 15 is 0 Å². The number of aromatic nitrogens is 1. The molecule has 1 saturated carbocycles. The van der Waals surface area contributed by atoms with Crippen molar-refractivity contribution in [3.05, 3.63) is 46.3 Å². The summed E-state index contributed by atoms with van der Waals surface area (Å²) in [7, 11) is 0. The van der Waals surface area contributed by atoms with Crippen molar-refractivity contribution in [1.29, 1.82) is 0 Å². The van der Waals surface area contributed by atoms with Crippen LogP contribution >= 0.6 is 11.6 Å². The molecule has 3 rings (SSSR count). The summed E-state index contributed by atoms with van der Waals surface area (Å²) >= 11 is 5.52. The molecule has 0 radical (unpaired) electrons. The second kappa shape index (κ2) is 5.31. The van der Waals surface area contributed by atoms with E-state index in [1.165, 1.54) is 12.1 Å². The minimum absolute atomic E-state index is 0.0160. The molecule has 2 aromatic rings. The zero-order valence-corrected chi connectivity index (χ0v) is 11.8. The Bertz CT molecular complexity index is 723. The number of hydrogen-bond donors (Lipinski definition) is 1. The van der Waals surface area contributed by atoms with Gasteiger partial charge in [0, 0.05) is 17.7 Å². The lowest BCUT2D eigenvalue weighted by Gasteiger charge is -2.11. The van der Waals surface area contributed by atoms with E-state index in [9.17, 15) is 18.0 Å². The quantitative estimate of drug-likeness (QED) is 0.903. The molecule has 0 saturated heterocycles. The Hall–Kier alpha value is -2.02. The van der Waals surface area contributed by atoms with Gasteiger partial charge in [0.2, 0.25) is 0 Å². The standard InChI is InChI=1S/C14H10ClF3N2O2/c15-10-4-3-8(5-9(10)14(16,17)18)19-13(21)11-6-12(22-20-11)7-1-2-7/h3-7H,1-2H2,(H,19,21). The molecule has 1 fully saturated rings. The van der Waals surface area contributed by atoms with Gasteiger partial charge in [-0.2, -0.15) is 13.2 Å². The maximum atomic E-state index is 12.8. The van der Waals surface area contributed by atoms with Crippen molar-refractivity contribution in [3.63, 3.8) is 0 Å². The highest BCUT2D eigenvalue weighted by atomic mass is 35.5. The Morgan fingerprint density at radius 2 is 2.05 bits per heavy atom. The Balaban J connectivity index is 1.78. The normalized spacial score (nSPS) is 14.9. The summed E-state index contributed by atoms with van der Waals surface area (Å²) in [4.78, 5) is 12.0. The van der Waals surface area contributed by atoms with Crippen LogP contribution in [0, 0.1) is 0 Å². The van der Waals surface area contributed by atoms with Gasteiger partial charge in [-0.15, -0.1) is 0 Å². The summed E-state index contributed by atoms with van der Waals surface area (Å²) in [5.41, 5.74) is -0.992. The maximum absolute atomic E-state index is 12.8. The third-order valence-corrected chi connectivity index (χ3v) is 3.60. The van der Waals surface area contributed by atoms with Gasteiger partial charge < -0.3 is 9.84 Å². The van der Waals surface area contributed by atoms with Gasteiger partial charge in [0.1, 0.15) is 5.76 Å². The molecule has 1 aliphatic rings. The molecule has 22 heavy (non-hydrogen) atoms. The molecule has 1 aliphatic carbocycles. The Morgan fingerprint density at radius 3 is 2.68 bits per heavy atom. The van der Waals surface area contributed by atoms with Gasteiger partial charge in [-0.3, -0.25) is 4.79 Å². The summed E-state index contributed by atoms with van der Waals surface area (Å²) in [5, 5.41) is 5.55. The molecule has 1 amide bonds. The molecular weight excluding hydrogens is 321 g/mol. The number of benzene rings is 1. The zero-order chi connectivity index (χ0) is 15.9. The summed E-state index contributed by atoms with van der Waals surface area (Å²) in [6.45, 7) is 0. The summed E-state index contributed by atoms with van der Waals surface area (Å²) in [6.07, 6.45) is -2.62. The first kappa shape index (κ1) is 14.9. The Kier molecular flexibility index (Phi) is 3.60. The van der Waals surface area contributed by atoms with Crippen LogP contribution in [0.15, 0.2) is 28.8 Å². The average molecular weight is 331 g/mol. The van der Waals surface area contributed by atoms with E-state index in [0.717, 1.165) is 25.0 Å². The molecule has 1 aromatic carbocycles. The predicted molar refractivity (Wildman–Crippen MR) is 72.9 cm³/mol. The fraction of sp³-hybridized carbons (Fsp3) is 0.286. The molecule has 8 heteroatoms. The lowest BCUT2D eigenvalue weighted by atomic mass is 10.2. The van der Waals surface area contributed by atoms with Gasteiger partial charge >= 0.3 is 6.18 Å². The van der Waals surface area contributed by atoms with Crippen molar-refractivity contribution in [2.45, 2.75) is 24.9 Å². The van der Waals surface area contributed by atoms with Crippen molar-refractivity contribution in [3.8, 4) is 0 Å². The first-order valence-corrected chi connectivity index (χ1v) is 6.87. The van der Waals surface area contributed by atoms with E-state index in [1.807, 2.05) is 0 Å². The number of nitrogens with zero attached hydrogens (tertiary/aromatic N) is 1. The van der Waals surface area contributed by atoms with Gasteiger partial charge in [-0.1, -0.05) is 16.8 Å². The largest absolute Gasteiger partial charge is 0.417 e. The van der Waals surface area contributed by atoms with Crippen molar-refractivity contribution in [1.82, 2.24) is 5.16 Å². The second-order valence-corrected chi connectivity index (χ2v) is 5.44. The lowest BCUT2D eigenvalue weighted by Crippen LogP contribution is -2.13. The maximum Gasteiger partial charge on any atom is 0.417 e. The van der Waals surface area contributed by atoms with Crippen molar-refractivity contribution in [2.75, 3.05) is 5.32 Å². The van der Waals surface area contributed by atoms with Crippen LogP contribution in [0.4, 0.5) is 18.9 Å². The zero-order valence-electron chi connectivity index (χ0n) is 11.1. The highest BCUT2D eigenvalue weighted by Gasteiger charge is 2.33. The number of hydrogen-bond acceptors (Lipinski definition) is 3. The second-order valence-electron chi connectivity index (χ2n) is 5.04. The van der Waals surface area contributed by atoms with Gasteiger partial charge in [-0.25, -0.2) is 0 Å². The third-order valence-electron chi connectivity index (χ3n) is 3.27. The smallest absolute Gasteiger partial charge is 0.360 e. The van der Waals surface area contributed by atoms with E-state index in [0.29, 0.717) is 11.7 Å². The molecule has 0 unspecified atom stereocenters. The molecule has 1 heterocycles. The highest BCUT2D eigenvalue weighted by molar-refractivity contribution is 6.31. The minimum atomic E-state index is -4.59. The lowest BCUT2D eigenvalue weighted by molar-refractivity contribution is -0.137. The number of halogens is 4. The van der Waals surface area contributed by atoms with E-state index in [4.69, 9.17) is 16.1 Å². The van der Waals surface area contributed by atoms with Gasteiger partial charge in [0.15, 0.2) is 5.69 Å². The van der Waals surface area contributed by atoms with Crippen LogP contribution in [0.2, 0.25) is 5.02 Å². The highest BCUT2D eigenvalue weighted by Crippen LogP contribution is 2.40. The molecule has 0 atom stereocenters. The minimum Gasteiger partial charge on any atom is -0.360 e. The van der Waals surface area contributed by atoms with Crippen LogP contribution in [0.1, 0.15) is 40.6 Å². The average Bonchev–Trinajstić information content (AvgIpc) is 3.17. The van der Waals surface area contributed by atoms with E-state index < -0.39 is 22.7 Å². The fourth-order valence-corrected chi connectivity index (χ4v) is 2.20. The number of carbonyl (C=O) groups is 1. The van der Waals surface area contributed by atoms with Crippen molar-refractivity contribution < 1.29 is 22.5 Å². The van der Waals surface area contributed by atoms with Crippen LogP contribution in [0.3, 0.4) is 0 Å². The van der Waals surface area contributed by atoms with E-state index in [1.54, 1.807) is 0 Å². The molecule has 0 aliphatic heterocycles. The predicted octanol–water partition coefficient (Wildman–Crippen LogP) is 4.48. The number of amides is 1. The van der Waals surface area contributed by atoms with E-state index in [2.05, 4.69) is 10.5 Å². The number of alkyl halides is 3. The molecule has 1 N–H and O–H groups in total. The van der Waals surface area contributed by atoms with Crippen LogP contribution in [-0.2, 0) is 6.18 Å². The summed E-state index contributed by atoms with van der Waals surface area (Å²) in [6, 6.07) is 4.66. The third kappa shape index (κ3) is 3.09. The molecule has 4 nitrogen and oxygen atoms in total. The number of nitrogens with one attached hydrogen (secondary N) is 1. The number of rotatable bonds is 3. The first-order valence-electron chi connectivity index (χ1n) is 6.49. The molecule has 1 aromatic heterocycles. The fourth-order valence-electron chi connectivity index (χ4n) is 1.97. The summed E-state index contributed by atoms with van der Waals surface area (Å²) < 4.78 is 43.3. The van der Waals surface area contributed by atoms with Crippen LogP contribution in [-0.4, -0.2) is 11.1 Å². The molecule has 0 spiro atoms. The van der Waals surface area contributed by atoms with E-state index in [-0.39, 0.29) is 11.4 Å². The molecule has 116 valence electrons. The van der Waals surface area contributed by atoms with Gasteiger partial charge in [-0.05, 0) is 31.0 Å². The van der Waals surface area contributed by atoms with Gasteiger partial charge in [0.05, 0.1) is 10.6 Å². The van der Waals surface area contributed by atoms with Crippen LogP contribution in [0.25, 0.3) is 0 Å². The monoisotopic (exact) mass is 330 g/mol. The number of anilines is 1. The Morgan fingerprint density at radius 1 is 1.32 bits per heavy atom. The molecule has 0 bridgehead atoms. The molecular formula is C14H10ClF3N2O2.